The number of fused-ring (bicyclic) bond motifs is 3. The first-order chi connectivity index (χ1) is 15.7. The molecule has 0 radical (unpaired) electrons. The fraction of sp³-hybridized carbons (Fsp3) is 0.522. The maximum atomic E-state index is 12.2. The minimum absolute atomic E-state index is 0.370. The number of hydrogen-bond acceptors (Lipinski definition) is 8. The van der Waals surface area contributed by atoms with E-state index in [1.54, 1.807) is 0 Å². The molecule has 1 amide bonds. The van der Waals surface area contributed by atoms with Gasteiger partial charge in [0.25, 0.3) is 0 Å². The first-order valence-corrected chi connectivity index (χ1v) is 12.4. The second-order valence-corrected chi connectivity index (χ2v) is 9.92. The van der Waals surface area contributed by atoms with Gasteiger partial charge in [-0.25, -0.2) is 9.78 Å². The van der Waals surface area contributed by atoms with Gasteiger partial charge < -0.3 is 19.7 Å². The summed E-state index contributed by atoms with van der Waals surface area (Å²) in [5.41, 5.74) is 2.48. The zero-order valence-electron chi connectivity index (χ0n) is 17.9. The van der Waals surface area contributed by atoms with Crippen LogP contribution in [0, 0.1) is 0 Å². The highest BCUT2D eigenvalue weighted by Gasteiger charge is 2.44. The van der Waals surface area contributed by atoms with Gasteiger partial charge in [-0.15, -0.1) is 11.8 Å². The summed E-state index contributed by atoms with van der Waals surface area (Å²) in [6.07, 6.45) is 4.05. The second kappa shape index (κ2) is 8.12. The van der Waals surface area contributed by atoms with Crippen LogP contribution in [0.5, 0.6) is 0 Å². The first kappa shape index (κ1) is 20.1. The third-order valence-corrected chi connectivity index (χ3v) is 7.99. The number of hydrogen-bond donors (Lipinski definition) is 2. The normalized spacial score (nSPS) is 22.1. The Morgan fingerprint density at radius 1 is 1.16 bits per heavy atom. The van der Waals surface area contributed by atoms with Crippen LogP contribution in [0.15, 0.2) is 29.2 Å². The van der Waals surface area contributed by atoms with Gasteiger partial charge in [-0.1, -0.05) is 18.2 Å². The van der Waals surface area contributed by atoms with Crippen molar-refractivity contribution < 1.29 is 14.3 Å². The fourth-order valence-corrected chi connectivity index (χ4v) is 6.18. The molecule has 0 aliphatic carbocycles. The van der Waals surface area contributed by atoms with E-state index in [0.29, 0.717) is 6.04 Å². The lowest BCUT2D eigenvalue weighted by atomic mass is 9.82. The third kappa shape index (κ3) is 3.57. The van der Waals surface area contributed by atoms with Crippen LogP contribution in [-0.2, 0) is 21.5 Å². The van der Waals surface area contributed by atoms with Gasteiger partial charge in [0.2, 0.25) is 5.95 Å². The zero-order valence-corrected chi connectivity index (χ0v) is 18.7. The van der Waals surface area contributed by atoms with Crippen molar-refractivity contribution in [2.24, 2.45) is 0 Å². The maximum absolute atomic E-state index is 12.2. The van der Waals surface area contributed by atoms with Crippen LogP contribution < -0.4 is 15.5 Å². The van der Waals surface area contributed by atoms with Crippen molar-refractivity contribution in [3.8, 4) is 0 Å². The largest absolute Gasteiger partial charge is 0.438 e. The Bertz CT molecular complexity index is 1030. The summed E-state index contributed by atoms with van der Waals surface area (Å²) in [4.78, 5) is 25.6. The monoisotopic (exact) mass is 453 g/mol. The number of aryl methyl sites for hydroxylation is 1. The molecule has 1 spiro atoms. The smallest absolute Gasteiger partial charge is 0.412 e. The molecular formula is C23H27N5O3S. The number of rotatable bonds is 3. The number of nitrogens with zero attached hydrogens (tertiary/aromatic N) is 3. The quantitative estimate of drug-likeness (QED) is 0.726. The maximum Gasteiger partial charge on any atom is 0.412 e. The fourth-order valence-electron chi connectivity index (χ4n) is 5.13. The first-order valence-electron chi connectivity index (χ1n) is 11.4. The van der Waals surface area contributed by atoms with Crippen molar-refractivity contribution in [1.29, 1.82) is 0 Å². The molecule has 2 fully saturated rings. The van der Waals surface area contributed by atoms with E-state index in [0.717, 1.165) is 92.9 Å². The van der Waals surface area contributed by atoms with Gasteiger partial charge in [-0.05, 0) is 18.9 Å². The van der Waals surface area contributed by atoms with Crippen LogP contribution in [-0.4, -0.2) is 54.2 Å². The third-order valence-electron chi connectivity index (χ3n) is 6.87. The molecule has 2 N–H and O–H groups in total. The van der Waals surface area contributed by atoms with Crippen molar-refractivity contribution in [1.82, 2.24) is 9.97 Å². The van der Waals surface area contributed by atoms with Crippen molar-refractivity contribution in [2.75, 3.05) is 47.6 Å². The summed E-state index contributed by atoms with van der Waals surface area (Å²) in [6.45, 7) is 3.08. The summed E-state index contributed by atoms with van der Waals surface area (Å²) in [5.74, 6) is 2.81. The Balaban J connectivity index is 1.24. The average molecular weight is 454 g/mol. The van der Waals surface area contributed by atoms with E-state index in [2.05, 4.69) is 21.6 Å². The van der Waals surface area contributed by atoms with Crippen molar-refractivity contribution in [2.45, 2.75) is 48.6 Å². The molecule has 2 saturated heterocycles. The van der Waals surface area contributed by atoms with Gasteiger partial charge >= 0.3 is 6.09 Å². The molecule has 1 aromatic carbocycles. The van der Waals surface area contributed by atoms with E-state index in [1.807, 2.05) is 30.0 Å². The van der Waals surface area contributed by atoms with Gasteiger partial charge in [-0.2, -0.15) is 4.98 Å². The van der Waals surface area contributed by atoms with Crippen LogP contribution in [0.1, 0.15) is 36.9 Å². The summed E-state index contributed by atoms with van der Waals surface area (Å²) < 4.78 is 11.4. The molecule has 0 saturated carbocycles. The summed E-state index contributed by atoms with van der Waals surface area (Å²) in [5, 5.41) is 6.51. The number of anilines is 3. The highest BCUT2D eigenvalue weighted by Crippen LogP contribution is 2.44. The lowest BCUT2D eigenvalue weighted by Crippen LogP contribution is -2.48. The van der Waals surface area contributed by atoms with Crippen LogP contribution in [0.2, 0.25) is 0 Å². The highest BCUT2D eigenvalue weighted by atomic mass is 32.2. The number of para-hydroxylation sites is 1. The second-order valence-electron chi connectivity index (χ2n) is 8.82. The Morgan fingerprint density at radius 2 is 1.97 bits per heavy atom. The lowest BCUT2D eigenvalue weighted by molar-refractivity contribution is -0.00820. The standard InChI is InChI=1S/C23H27N5O3S/c29-22-26-17-4-2-1-3-16(17)23(31-22)8-10-28(11-9-23)21-25-18-7-14-32-19(18)20(27-21)24-15-5-12-30-13-6-15/h1-4,15H,5-14H2,(H,26,29)(H,24,25,27). The van der Waals surface area contributed by atoms with Crippen LogP contribution in [0.25, 0.3) is 0 Å². The average Bonchev–Trinajstić information content (AvgIpc) is 3.29. The van der Waals surface area contributed by atoms with E-state index in [4.69, 9.17) is 19.4 Å². The molecule has 168 valence electrons. The Morgan fingerprint density at radius 3 is 2.81 bits per heavy atom. The van der Waals surface area contributed by atoms with Gasteiger partial charge in [0, 0.05) is 62.9 Å². The molecule has 4 aliphatic heterocycles. The molecule has 0 unspecified atom stereocenters. The molecule has 0 atom stereocenters. The predicted octanol–water partition coefficient (Wildman–Crippen LogP) is 3.77. The zero-order chi connectivity index (χ0) is 21.5. The number of benzene rings is 1. The molecule has 5 heterocycles. The number of carbonyl (C=O) groups excluding carboxylic acids is 1. The van der Waals surface area contributed by atoms with Crippen LogP contribution >= 0.6 is 11.8 Å². The highest BCUT2D eigenvalue weighted by molar-refractivity contribution is 7.99. The number of carbonyl (C=O) groups is 1. The Hall–Kier alpha value is -2.52. The summed E-state index contributed by atoms with van der Waals surface area (Å²) in [6, 6.07) is 8.34. The SMILES string of the molecule is O=C1Nc2ccccc2C2(CCN(c3nc4c(c(NC5CCOCC5)n3)SCC4)CC2)O1. The van der Waals surface area contributed by atoms with E-state index in [1.165, 1.54) is 4.90 Å². The molecule has 6 rings (SSSR count). The van der Waals surface area contributed by atoms with E-state index < -0.39 is 5.60 Å². The van der Waals surface area contributed by atoms with E-state index >= 15 is 0 Å². The van der Waals surface area contributed by atoms with E-state index in [-0.39, 0.29) is 6.09 Å². The minimum atomic E-state index is -0.578. The molecule has 9 heteroatoms. The predicted molar refractivity (Wildman–Crippen MR) is 124 cm³/mol. The number of piperidine rings is 1. The number of nitrogens with one attached hydrogen (secondary N) is 2. The minimum Gasteiger partial charge on any atom is -0.438 e. The number of ether oxygens (including phenoxy) is 2. The molecule has 32 heavy (non-hydrogen) atoms. The van der Waals surface area contributed by atoms with Crippen molar-refractivity contribution >= 4 is 35.3 Å². The Labute approximate surface area is 191 Å². The topological polar surface area (TPSA) is 88.6 Å². The molecule has 4 aliphatic rings. The number of aromatic nitrogens is 2. The van der Waals surface area contributed by atoms with Crippen molar-refractivity contribution in [3.63, 3.8) is 0 Å². The van der Waals surface area contributed by atoms with E-state index in [9.17, 15) is 4.79 Å². The van der Waals surface area contributed by atoms with Crippen LogP contribution in [0.4, 0.5) is 22.2 Å². The molecular weight excluding hydrogens is 426 g/mol. The van der Waals surface area contributed by atoms with Crippen LogP contribution in [0.3, 0.4) is 0 Å². The van der Waals surface area contributed by atoms with Gasteiger partial charge in [0.15, 0.2) is 0 Å². The summed E-state index contributed by atoms with van der Waals surface area (Å²) in [7, 11) is 0. The van der Waals surface area contributed by atoms with Gasteiger partial charge in [0.05, 0.1) is 16.3 Å². The molecule has 0 bridgehead atoms. The Kier molecular flexibility index (Phi) is 5.10. The molecule has 8 nitrogen and oxygen atoms in total. The summed E-state index contributed by atoms with van der Waals surface area (Å²) >= 11 is 1.85. The molecule has 1 aromatic heterocycles. The lowest BCUT2D eigenvalue weighted by Gasteiger charge is -2.44. The molecule has 2 aromatic rings. The van der Waals surface area contributed by atoms with Gasteiger partial charge in [-0.3, -0.25) is 5.32 Å². The van der Waals surface area contributed by atoms with Crippen molar-refractivity contribution in [3.05, 3.63) is 35.5 Å². The number of thioether (sulfide) groups is 1. The number of amides is 1. The van der Waals surface area contributed by atoms with Gasteiger partial charge in [0.1, 0.15) is 11.4 Å².